The van der Waals surface area contributed by atoms with E-state index in [1.807, 2.05) is 0 Å². The van der Waals surface area contributed by atoms with Gasteiger partial charge in [-0.2, -0.15) is 0 Å². The summed E-state index contributed by atoms with van der Waals surface area (Å²) < 4.78 is 32.0. The Balaban J connectivity index is 3.10. The molecule has 0 bridgehead atoms. The molecule has 156 valence electrons. The van der Waals surface area contributed by atoms with E-state index in [1.165, 1.54) is 0 Å². The molecule has 1 aliphatic heterocycles. The SMILES string of the molecule is C[Si](C)(C)OC[C@H]1O[C@H](O[Si](C)(C)C)[C@@H](O[Si](C)(C)C)[C@H]1O[Si](C)(C)C. The summed E-state index contributed by atoms with van der Waals surface area (Å²) in [6, 6.07) is 0. The van der Waals surface area contributed by atoms with Crippen molar-refractivity contribution in [3.63, 3.8) is 0 Å². The summed E-state index contributed by atoms with van der Waals surface area (Å²) in [5.74, 6) is 0. The van der Waals surface area contributed by atoms with E-state index in [0.717, 1.165) is 0 Å². The van der Waals surface area contributed by atoms with Gasteiger partial charge in [0, 0.05) is 0 Å². The van der Waals surface area contributed by atoms with Crippen molar-refractivity contribution in [3.05, 3.63) is 0 Å². The van der Waals surface area contributed by atoms with Crippen LogP contribution in [-0.2, 0) is 22.4 Å². The first-order valence-electron chi connectivity index (χ1n) is 9.69. The first kappa shape index (κ1) is 24.7. The lowest BCUT2D eigenvalue weighted by Crippen LogP contribution is -2.50. The van der Waals surface area contributed by atoms with Crippen LogP contribution in [0.25, 0.3) is 0 Å². The van der Waals surface area contributed by atoms with Crippen molar-refractivity contribution in [2.24, 2.45) is 0 Å². The van der Waals surface area contributed by atoms with Crippen molar-refractivity contribution < 1.29 is 22.4 Å². The van der Waals surface area contributed by atoms with Gasteiger partial charge in [0.25, 0.3) is 0 Å². The molecule has 0 spiro atoms. The van der Waals surface area contributed by atoms with Crippen LogP contribution in [0.2, 0.25) is 78.6 Å². The summed E-state index contributed by atoms with van der Waals surface area (Å²) >= 11 is 0. The Morgan fingerprint density at radius 1 is 0.577 bits per heavy atom. The Labute approximate surface area is 165 Å². The van der Waals surface area contributed by atoms with Gasteiger partial charge in [0.05, 0.1) is 6.61 Å². The maximum atomic E-state index is 6.56. The summed E-state index contributed by atoms with van der Waals surface area (Å²) in [6.07, 6.45) is -0.831. The fraction of sp³-hybridized carbons (Fsp3) is 1.00. The fourth-order valence-corrected chi connectivity index (χ4v) is 6.40. The van der Waals surface area contributed by atoms with Crippen LogP contribution in [0, 0.1) is 0 Å². The molecule has 0 N–H and O–H groups in total. The summed E-state index contributed by atoms with van der Waals surface area (Å²) in [7, 11) is -6.99. The van der Waals surface area contributed by atoms with Crippen LogP contribution in [0.1, 0.15) is 0 Å². The second-order valence-corrected chi connectivity index (χ2v) is 29.0. The lowest BCUT2D eigenvalue weighted by molar-refractivity contribution is -0.116. The standard InChI is InChI=1S/C17H42O5Si4/c1-23(2,3)18-13-14-15(20-24(4,5)6)16(21-25(7,8)9)17(19-14)22-26(10,11)12/h14-17H,13H2,1-12H3/t14-,15+,16+,17-/m1/s1. The van der Waals surface area contributed by atoms with Gasteiger partial charge >= 0.3 is 0 Å². The molecule has 1 fully saturated rings. The van der Waals surface area contributed by atoms with Crippen molar-refractivity contribution >= 4 is 33.3 Å². The van der Waals surface area contributed by atoms with Gasteiger partial charge in [-0.15, -0.1) is 0 Å². The van der Waals surface area contributed by atoms with Crippen molar-refractivity contribution in [1.82, 2.24) is 0 Å². The quantitative estimate of drug-likeness (QED) is 0.481. The van der Waals surface area contributed by atoms with Gasteiger partial charge in [-0.25, -0.2) is 0 Å². The lowest BCUT2D eigenvalue weighted by Gasteiger charge is -2.35. The summed E-state index contributed by atoms with van der Waals surface area (Å²) in [5.41, 5.74) is 0. The molecular weight excluding hydrogens is 397 g/mol. The highest BCUT2D eigenvalue weighted by Gasteiger charge is 2.51. The molecule has 0 saturated carbocycles. The van der Waals surface area contributed by atoms with Gasteiger partial charge in [-0.05, 0) is 78.6 Å². The van der Waals surface area contributed by atoms with E-state index in [1.54, 1.807) is 0 Å². The Hall–Kier alpha value is 0.668. The second-order valence-electron chi connectivity index (χ2n) is 11.1. The number of rotatable bonds is 9. The molecule has 9 heteroatoms. The number of hydrogen-bond donors (Lipinski definition) is 0. The second kappa shape index (κ2) is 8.58. The molecule has 1 aliphatic rings. The first-order chi connectivity index (χ1) is 11.4. The Morgan fingerprint density at radius 3 is 1.38 bits per heavy atom. The Kier molecular flexibility index (Phi) is 8.15. The molecule has 5 nitrogen and oxygen atoms in total. The van der Waals surface area contributed by atoms with Crippen LogP contribution in [0.5, 0.6) is 0 Å². The third-order valence-corrected chi connectivity index (χ3v) is 7.33. The van der Waals surface area contributed by atoms with Crippen LogP contribution in [0.15, 0.2) is 0 Å². The molecule has 1 saturated heterocycles. The molecule has 0 aromatic rings. The molecular formula is C17H42O5Si4. The van der Waals surface area contributed by atoms with E-state index in [4.69, 9.17) is 22.4 Å². The molecule has 4 atom stereocenters. The van der Waals surface area contributed by atoms with E-state index < -0.39 is 33.3 Å². The lowest BCUT2D eigenvalue weighted by atomic mass is 10.1. The third kappa shape index (κ3) is 9.74. The summed E-state index contributed by atoms with van der Waals surface area (Å²) in [5, 5.41) is 0. The van der Waals surface area contributed by atoms with Crippen LogP contribution < -0.4 is 0 Å². The summed E-state index contributed by atoms with van der Waals surface area (Å²) in [4.78, 5) is 0. The molecule has 0 unspecified atom stereocenters. The Morgan fingerprint density at radius 2 is 1.00 bits per heavy atom. The topological polar surface area (TPSA) is 46.2 Å². The highest BCUT2D eigenvalue weighted by Crippen LogP contribution is 2.33. The molecule has 0 aliphatic carbocycles. The smallest absolute Gasteiger partial charge is 0.187 e. The van der Waals surface area contributed by atoms with E-state index in [9.17, 15) is 0 Å². The van der Waals surface area contributed by atoms with E-state index >= 15 is 0 Å². The largest absolute Gasteiger partial charge is 0.415 e. The average Bonchev–Trinajstić information content (AvgIpc) is 2.59. The van der Waals surface area contributed by atoms with Gasteiger partial charge in [-0.3, -0.25) is 0 Å². The zero-order valence-electron chi connectivity index (χ0n) is 19.1. The zero-order chi connectivity index (χ0) is 20.6. The average molecular weight is 439 g/mol. The Bertz CT molecular complexity index is 448. The van der Waals surface area contributed by atoms with Crippen molar-refractivity contribution in [2.45, 2.75) is 103 Å². The predicted molar refractivity (Wildman–Crippen MR) is 119 cm³/mol. The summed E-state index contributed by atoms with van der Waals surface area (Å²) in [6.45, 7) is 26.9. The molecule has 26 heavy (non-hydrogen) atoms. The number of hydrogen-bond acceptors (Lipinski definition) is 5. The van der Waals surface area contributed by atoms with Gasteiger partial charge in [-0.1, -0.05) is 0 Å². The molecule has 0 aromatic carbocycles. The number of ether oxygens (including phenoxy) is 1. The zero-order valence-corrected chi connectivity index (χ0v) is 23.1. The molecule has 0 aromatic heterocycles. The molecule has 1 heterocycles. The highest BCUT2D eigenvalue weighted by atomic mass is 28.4. The third-order valence-electron chi connectivity index (χ3n) is 3.40. The molecule has 1 rings (SSSR count). The van der Waals surface area contributed by atoms with E-state index in [0.29, 0.717) is 6.61 Å². The maximum Gasteiger partial charge on any atom is 0.187 e. The molecule has 0 amide bonds. The van der Waals surface area contributed by atoms with Gasteiger partial charge in [0.2, 0.25) is 0 Å². The minimum Gasteiger partial charge on any atom is -0.415 e. The normalized spacial score (nSPS) is 28.6. The minimum absolute atomic E-state index is 0.133. The fourth-order valence-electron chi connectivity index (χ4n) is 2.69. The monoisotopic (exact) mass is 438 g/mol. The van der Waals surface area contributed by atoms with Gasteiger partial charge in [0.1, 0.15) is 18.3 Å². The van der Waals surface area contributed by atoms with Crippen molar-refractivity contribution in [1.29, 1.82) is 0 Å². The van der Waals surface area contributed by atoms with Crippen LogP contribution >= 0.6 is 0 Å². The van der Waals surface area contributed by atoms with Crippen molar-refractivity contribution in [3.8, 4) is 0 Å². The first-order valence-corrected chi connectivity index (χ1v) is 23.3. The van der Waals surface area contributed by atoms with Crippen LogP contribution in [0.4, 0.5) is 0 Å². The van der Waals surface area contributed by atoms with Crippen LogP contribution in [-0.4, -0.2) is 64.5 Å². The predicted octanol–water partition coefficient (Wildman–Crippen LogP) is 4.85. The van der Waals surface area contributed by atoms with Gasteiger partial charge in [0.15, 0.2) is 39.6 Å². The molecule has 0 radical (unpaired) electrons. The van der Waals surface area contributed by atoms with Crippen molar-refractivity contribution in [2.75, 3.05) is 6.61 Å². The van der Waals surface area contributed by atoms with Crippen LogP contribution in [0.3, 0.4) is 0 Å². The van der Waals surface area contributed by atoms with E-state index in [-0.39, 0.29) is 24.6 Å². The maximum absolute atomic E-state index is 6.56. The van der Waals surface area contributed by atoms with Gasteiger partial charge < -0.3 is 22.4 Å². The minimum atomic E-state index is -1.79. The van der Waals surface area contributed by atoms with E-state index in [2.05, 4.69) is 78.6 Å². The highest BCUT2D eigenvalue weighted by molar-refractivity contribution is 6.71.